The van der Waals surface area contributed by atoms with E-state index in [1.807, 2.05) is 0 Å². The number of nitrogens with one attached hydrogen (secondary N) is 1. The van der Waals surface area contributed by atoms with Gasteiger partial charge in [0.2, 0.25) is 5.91 Å². The molecule has 0 atom stereocenters. The lowest BCUT2D eigenvalue weighted by atomic mass is 10.1. The first kappa shape index (κ1) is 23.4. The zero-order chi connectivity index (χ0) is 24.3. The molecule has 34 heavy (non-hydrogen) atoms. The third kappa shape index (κ3) is 4.93. The number of sulfonamides is 1. The monoisotopic (exact) mass is 492 g/mol. The van der Waals surface area contributed by atoms with Gasteiger partial charge in [-0.2, -0.15) is 13.2 Å². The van der Waals surface area contributed by atoms with Crippen LogP contribution in [-0.2, 0) is 21.0 Å². The van der Waals surface area contributed by atoms with Crippen LogP contribution in [0, 0.1) is 0 Å². The number of rotatable bonds is 6. The van der Waals surface area contributed by atoms with Gasteiger partial charge < -0.3 is 14.8 Å². The molecule has 0 aliphatic carbocycles. The van der Waals surface area contributed by atoms with Crippen molar-refractivity contribution in [2.24, 2.45) is 0 Å². The summed E-state index contributed by atoms with van der Waals surface area (Å²) in [5.74, 6) is -0.249. The molecule has 3 aromatic carbocycles. The first-order chi connectivity index (χ1) is 16.2. The maximum absolute atomic E-state index is 13.4. The molecule has 0 radical (unpaired) electrons. The molecule has 0 saturated carbocycles. The number of nitrogens with zero attached hydrogens (tertiary/aromatic N) is 1. The van der Waals surface area contributed by atoms with Crippen LogP contribution in [0.15, 0.2) is 77.7 Å². The Kier molecular flexibility index (Phi) is 6.38. The number of amides is 1. The molecule has 11 heteroatoms. The Bertz CT molecular complexity index is 1300. The van der Waals surface area contributed by atoms with Crippen LogP contribution in [0.1, 0.15) is 5.56 Å². The Morgan fingerprint density at radius 1 is 0.912 bits per heavy atom. The smallest absolute Gasteiger partial charge is 0.418 e. The molecule has 1 amide bonds. The summed E-state index contributed by atoms with van der Waals surface area (Å²) in [6, 6.07) is 16.2. The minimum atomic E-state index is -4.70. The fourth-order valence-corrected chi connectivity index (χ4v) is 4.82. The van der Waals surface area contributed by atoms with Crippen molar-refractivity contribution in [3.8, 4) is 11.5 Å². The summed E-state index contributed by atoms with van der Waals surface area (Å²) >= 11 is 0. The number of carbonyl (C=O) groups excluding carboxylic acids is 1. The highest BCUT2D eigenvalue weighted by Crippen LogP contribution is 2.37. The highest BCUT2D eigenvalue weighted by molar-refractivity contribution is 7.92. The number of ether oxygens (including phenoxy) is 2. The highest BCUT2D eigenvalue weighted by Gasteiger charge is 2.34. The van der Waals surface area contributed by atoms with Gasteiger partial charge in [-0.1, -0.05) is 30.3 Å². The van der Waals surface area contributed by atoms with E-state index in [-0.39, 0.29) is 17.2 Å². The van der Waals surface area contributed by atoms with Gasteiger partial charge >= 0.3 is 6.18 Å². The van der Waals surface area contributed by atoms with Crippen molar-refractivity contribution in [3.63, 3.8) is 0 Å². The molecule has 0 fully saturated rings. The summed E-state index contributed by atoms with van der Waals surface area (Å²) in [6.07, 6.45) is -4.70. The molecule has 0 unspecified atom stereocenters. The van der Waals surface area contributed by atoms with Crippen LogP contribution < -0.4 is 19.1 Å². The molecular formula is C23H19F3N2O5S. The predicted molar refractivity (Wildman–Crippen MR) is 118 cm³/mol. The van der Waals surface area contributed by atoms with Gasteiger partial charge in [0.25, 0.3) is 10.0 Å². The fourth-order valence-electron chi connectivity index (χ4n) is 3.38. The topological polar surface area (TPSA) is 84.9 Å². The second-order valence-corrected chi connectivity index (χ2v) is 9.11. The molecule has 1 heterocycles. The van der Waals surface area contributed by atoms with Crippen molar-refractivity contribution in [2.75, 3.05) is 29.4 Å². The van der Waals surface area contributed by atoms with Crippen LogP contribution >= 0.6 is 0 Å². The Balaban J connectivity index is 1.69. The minimum Gasteiger partial charge on any atom is -0.486 e. The van der Waals surface area contributed by atoms with Crippen LogP contribution in [0.5, 0.6) is 11.5 Å². The summed E-state index contributed by atoms with van der Waals surface area (Å²) < 4.78 is 78.5. The lowest BCUT2D eigenvalue weighted by Gasteiger charge is -2.26. The van der Waals surface area contributed by atoms with Crippen molar-refractivity contribution in [1.29, 1.82) is 0 Å². The zero-order valence-electron chi connectivity index (χ0n) is 17.6. The van der Waals surface area contributed by atoms with Crippen LogP contribution in [0.3, 0.4) is 0 Å². The number of halogens is 3. The average molecular weight is 492 g/mol. The van der Waals surface area contributed by atoms with Crippen LogP contribution in [-0.4, -0.2) is 34.1 Å². The molecule has 0 bridgehead atoms. The molecule has 0 spiro atoms. The molecule has 4 rings (SSSR count). The summed E-state index contributed by atoms with van der Waals surface area (Å²) in [6.45, 7) is -0.181. The van der Waals surface area contributed by atoms with Gasteiger partial charge in [-0.25, -0.2) is 8.42 Å². The van der Waals surface area contributed by atoms with Crippen LogP contribution in [0.2, 0.25) is 0 Å². The van der Waals surface area contributed by atoms with E-state index in [1.165, 1.54) is 54.6 Å². The van der Waals surface area contributed by atoms with E-state index < -0.39 is 39.9 Å². The fraction of sp³-hybridized carbons (Fsp3) is 0.174. The van der Waals surface area contributed by atoms with Crippen molar-refractivity contribution in [2.45, 2.75) is 11.1 Å². The molecule has 0 aromatic heterocycles. The summed E-state index contributed by atoms with van der Waals surface area (Å²) in [5.41, 5.74) is -1.42. The van der Waals surface area contributed by atoms with Gasteiger partial charge in [-0.05, 0) is 36.4 Å². The number of para-hydroxylation sites is 1. The molecule has 3 aromatic rings. The van der Waals surface area contributed by atoms with Crippen molar-refractivity contribution in [1.82, 2.24) is 0 Å². The molecule has 1 N–H and O–H groups in total. The third-order valence-electron chi connectivity index (χ3n) is 4.94. The van der Waals surface area contributed by atoms with Crippen molar-refractivity contribution >= 4 is 27.3 Å². The van der Waals surface area contributed by atoms with Gasteiger partial charge in [0.15, 0.2) is 11.5 Å². The summed E-state index contributed by atoms with van der Waals surface area (Å²) in [5, 5.41) is 2.18. The van der Waals surface area contributed by atoms with Crippen LogP contribution in [0.4, 0.5) is 24.5 Å². The van der Waals surface area contributed by atoms with E-state index in [9.17, 15) is 26.4 Å². The molecular weight excluding hydrogens is 473 g/mol. The third-order valence-corrected chi connectivity index (χ3v) is 6.73. The van der Waals surface area contributed by atoms with E-state index in [4.69, 9.17) is 9.47 Å². The highest BCUT2D eigenvalue weighted by atomic mass is 32.2. The van der Waals surface area contributed by atoms with Gasteiger partial charge in [0.05, 0.1) is 21.8 Å². The number of carbonyl (C=O) groups is 1. The number of fused-ring (bicyclic) bond motifs is 1. The quantitative estimate of drug-likeness (QED) is 0.554. The molecule has 1 aliphatic rings. The number of alkyl halides is 3. The first-order valence-electron chi connectivity index (χ1n) is 10.1. The number of hydrogen-bond donors (Lipinski definition) is 1. The normalized spacial score (nSPS) is 13.3. The van der Waals surface area contributed by atoms with E-state index in [0.717, 1.165) is 16.4 Å². The Labute approximate surface area is 193 Å². The van der Waals surface area contributed by atoms with E-state index >= 15 is 0 Å². The predicted octanol–water partition coefficient (Wildman–Crippen LogP) is 4.31. The van der Waals surface area contributed by atoms with Crippen molar-refractivity contribution < 1.29 is 35.9 Å². The molecule has 1 aliphatic heterocycles. The number of benzene rings is 3. The lowest BCUT2D eigenvalue weighted by molar-refractivity contribution is -0.137. The first-order valence-corrected chi connectivity index (χ1v) is 11.5. The minimum absolute atomic E-state index is 0.0895. The standard InChI is InChI=1S/C23H19F3N2O5S/c24-23(25,26)18-8-4-5-9-19(18)27-22(29)15-28(34(30,31)17-6-2-1-3-7-17)16-10-11-20-21(14-16)33-13-12-32-20/h1-11,14H,12-13,15H2,(H,27,29). The van der Waals surface area contributed by atoms with Gasteiger partial charge in [-0.3, -0.25) is 9.10 Å². The Morgan fingerprint density at radius 2 is 1.56 bits per heavy atom. The molecule has 7 nitrogen and oxygen atoms in total. The Morgan fingerprint density at radius 3 is 2.26 bits per heavy atom. The summed E-state index contributed by atoms with van der Waals surface area (Å²) in [4.78, 5) is 12.7. The molecule has 0 saturated heterocycles. The SMILES string of the molecule is O=C(CN(c1ccc2c(c1)OCCO2)S(=O)(=O)c1ccccc1)Nc1ccccc1C(F)(F)F. The van der Waals surface area contributed by atoms with E-state index in [0.29, 0.717) is 18.1 Å². The van der Waals surface area contributed by atoms with Gasteiger partial charge in [0, 0.05) is 6.07 Å². The van der Waals surface area contributed by atoms with Gasteiger partial charge in [0.1, 0.15) is 19.8 Å². The average Bonchev–Trinajstić information content (AvgIpc) is 2.82. The number of anilines is 2. The zero-order valence-corrected chi connectivity index (χ0v) is 18.4. The summed E-state index contributed by atoms with van der Waals surface area (Å²) in [7, 11) is -4.25. The number of hydrogen-bond acceptors (Lipinski definition) is 5. The lowest BCUT2D eigenvalue weighted by Crippen LogP contribution is -2.38. The second kappa shape index (κ2) is 9.26. The van der Waals surface area contributed by atoms with Gasteiger partial charge in [-0.15, -0.1) is 0 Å². The Hall–Kier alpha value is -3.73. The van der Waals surface area contributed by atoms with Crippen molar-refractivity contribution in [3.05, 3.63) is 78.4 Å². The van der Waals surface area contributed by atoms with Crippen LogP contribution in [0.25, 0.3) is 0 Å². The largest absolute Gasteiger partial charge is 0.486 e. The van der Waals surface area contributed by atoms with E-state index in [1.54, 1.807) is 6.07 Å². The maximum atomic E-state index is 13.4. The molecule has 178 valence electrons. The van der Waals surface area contributed by atoms with E-state index in [2.05, 4.69) is 5.32 Å². The maximum Gasteiger partial charge on any atom is 0.418 e. The second-order valence-electron chi connectivity index (χ2n) is 7.24.